The van der Waals surface area contributed by atoms with Gasteiger partial charge >= 0.3 is 0 Å². The first-order valence-electron chi connectivity index (χ1n) is 6.98. The Kier molecular flexibility index (Phi) is 6.92. The van der Waals surface area contributed by atoms with Gasteiger partial charge in [-0.15, -0.1) is 11.8 Å². The summed E-state index contributed by atoms with van der Waals surface area (Å²) in [5.41, 5.74) is 4.41. The van der Waals surface area contributed by atoms with Gasteiger partial charge in [-0.3, -0.25) is 4.79 Å². The van der Waals surface area contributed by atoms with Crippen molar-refractivity contribution >= 4 is 57.6 Å². The van der Waals surface area contributed by atoms with Gasteiger partial charge in [-0.25, -0.2) is 5.43 Å². The molecule has 0 fully saturated rings. The lowest BCUT2D eigenvalue weighted by Crippen LogP contribution is -2.27. The van der Waals surface area contributed by atoms with Crippen molar-refractivity contribution in [1.82, 2.24) is 5.43 Å². The van der Waals surface area contributed by atoms with Gasteiger partial charge in [0.1, 0.15) is 0 Å². The second kappa shape index (κ2) is 8.70. The lowest BCUT2D eigenvalue weighted by Gasteiger charge is -2.10. The fourth-order valence-electron chi connectivity index (χ4n) is 1.78. The number of hydrazone groups is 1. The fourth-order valence-corrected chi connectivity index (χ4v) is 3.31. The van der Waals surface area contributed by atoms with Crippen molar-refractivity contribution in [2.24, 2.45) is 5.10 Å². The lowest BCUT2D eigenvalue weighted by atomic mass is 10.1. The Labute approximate surface area is 159 Å². The van der Waals surface area contributed by atoms with Gasteiger partial charge < -0.3 is 0 Å². The molecule has 6 heteroatoms. The molecular weight excluding hydrogens is 443 g/mol. The molecule has 0 radical (unpaired) electrons. The van der Waals surface area contributed by atoms with Crippen LogP contribution in [-0.2, 0) is 4.79 Å². The second-order valence-corrected chi connectivity index (χ2v) is 7.99. The van der Waals surface area contributed by atoms with Crippen LogP contribution in [0.5, 0.6) is 0 Å². The highest BCUT2D eigenvalue weighted by atomic mass is 127. The van der Waals surface area contributed by atoms with Crippen LogP contribution in [0.4, 0.5) is 0 Å². The summed E-state index contributed by atoms with van der Waals surface area (Å²) in [4.78, 5) is 13.1. The zero-order valence-corrected chi connectivity index (χ0v) is 16.4. The first-order valence-corrected chi connectivity index (χ1v) is 9.31. The van der Waals surface area contributed by atoms with Crippen LogP contribution in [0.25, 0.3) is 0 Å². The molecule has 2 aromatic rings. The average molecular weight is 459 g/mol. The van der Waals surface area contributed by atoms with Crippen molar-refractivity contribution < 1.29 is 4.79 Å². The summed E-state index contributed by atoms with van der Waals surface area (Å²) >= 11 is 9.58. The third-order valence-corrected chi connectivity index (χ3v) is 5.11. The normalized spacial score (nSPS) is 12.8. The highest BCUT2D eigenvalue weighted by Crippen LogP contribution is 2.24. The minimum atomic E-state index is -0.247. The maximum atomic E-state index is 12.2. The van der Waals surface area contributed by atoms with Gasteiger partial charge in [0, 0.05) is 13.5 Å². The van der Waals surface area contributed by atoms with Crippen molar-refractivity contribution in [1.29, 1.82) is 0 Å². The van der Waals surface area contributed by atoms with Crippen LogP contribution in [0.1, 0.15) is 19.4 Å². The Morgan fingerprint density at radius 2 is 1.96 bits per heavy atom. The van der Waals surface area contributed by atoms with Gasteiger partial charge in [0.15, 0.2) is 0 Å². The summed E-state index contributed by atoms with van der Waals surface area (Å²) in [5.74, 6) is -0.130. The molecule has 1 atom stereocenters. The Morgan fingerprint density at radius 3 is 2.61 bits per heavy atom. The SMILES string of the molecule is C/C(=N/NC(=O)[C@H](C)Sc1ccc(Cl)cc1)c1cccc(I)c1. The summed E-state index contributed by atoms with van der Waals surface area (Å²) in [7, 11) is 0. The lowest BCUT2D eigenvalue weighted by molar-refractivity contribution is -0.120. The minimum Gasteiger partial charge on any atom is -0.272 e. The third-order valence-electron chi connectivity index (χ3n) is 3.07. The predicted molar refractivity (Wildman–Crippen MR) is 106 cm³/mol. The molecule has 120 valence electrons. The topological polar surface area (TPSA) is 41.5 Å². The van der Waals surface area contributed by atoms with E-state index in [9.17, 15) is 4.79 Å². The maximum Gasteiger partial charge on any atom is 0.253 e. The van der Waals surface area contributed by atoms with Crippen molar-refractivity contribution in [3.63, 3.8) is 0 Å². The largest absolute Gasteiger partial charge is 0.272 e. The van der Waals surface area contributed by atoms with Gasteiger partial charge in [0.2, 0.25) is 0 Å². The van der Waals surface area contributed by atoms with E-state index in [0.717, 1.165) is 19.7 Å². The first-order chi connectivity index (χ1) is 11.0. The molecule has 1 N–H and O–H groups in total. The van der Waals surface area contributed by atoms with E-state index >= 15 is 0 Å². The summed E-state index contributed by atoms with van der Waals surface area (Å²) < 4.78 is 1.13. The van der Waals surface area contributed by atoms with E-state index in [4.69, 9.17) is 11.6 Å². The number of hydrogen-bond acceptors (Lipinski definition) is 3. The van der Waals surface area contributed by atoms with Crippen molar-refractivity contribution in [2.75, 3.05) is 0 Å². The second-order valence-electron chi connectivity index (χ2n) is 4.90. The van der Waals surface area contributed by atoms with Crippen LogP contribution in [0, 0.1) is 3.57 Å². The molecule has 3 nitrogen and oxygen atoms in total. The van der Waals surface area contributed by atoms with Gasteiger partial charge in [-0.2, -0.15) is 5.10 Å². The summed E-state index contributed by atoms with van der Waals surface area (Å²) in [6.07, 6.45) is 0. The van der Waals surface area contributed by atoms with Gasteiger partial charge in [0.05, 0.1) is 11.0 Å². The van der Waals surface area contributed by atoms with Gasteiger partial charge in [-0.05, 0) is 78.4 Å². The number of benzene rings is 2. The molecule has 0 saturated heterocycles. The number of carbonyl (C=O) groups excluding carboxylic acids is 1. The summed E-state index contributed by atoms with van der Waals surface area (Å²) in [5, 5.41) is 4.63. The molecule has 0 aliphatic carbocycles. The number of hydrogen-bond donors (Lipinski definition) is 1. The molecule has 1 amide bonds. The summed E-state index contributed by atoms with van der Waals surface area (Å²) in [6.45, 7) is 3.73. The molecule has 0 aromatic heterocycles. The van der Waals surface area contributed by atoms with Crippen LogP contribution in [0.2, 0.25) is 5.02 Å². The van der Waals surface area contributed by atoms with E-state index in [2.05, 4.69) is 33.1 Å². The Balaban J connectivity index is 1.95. The van der Waals surface area contributed by atoms with E-state index in [1.807, 2.05) is 62.4 Å². The molecule has 0 heterocycles. The Morgan fingerprint density at radius 1 is 1.26 bits per heavy atom. The molecule has 2 rings (SSSR count). The first kappa shape index (κ1) is 18.3. The number of rotatable bonds is 5. The van der Waals surface area contributed by atoms with E-state index in [1.54, 1.807) is 0 Å². The third kappa shape index (κ3) is 5.82. The van der Waals surface area contributed by atoms with Crippen molar-refractivity contribution in [2.45, 2.75) is 24.0 Å². The minimum absolute atomic E-state index is 0.130. The molecule has 23 heavy (non-hydrogen) atoms. The van der Waals surface area contributed by atoms with Crippen molar-refractivity contribution in [3.05, 3.63) is 62.7 Å². The molecule has 0 bridgehead atoms. The van der Waals surface area contributed by atoms with Gasteiger partial charge in [-0.1, -0.05) is 23.7 Å². The molecule has 0 spiro atoms. The Hall–Kier alpha value is -1.05. The van der Waals surface area contributed by atoms with Crippen molar-refractivity contribution in [3.8, 4) is 0 Å². The quantitative estimate of drug-likeness (QED) is 0.298. The van der Waals surface area contributed by atoms with Crippen LogP contribution >= 0.6 is 46.0 Å². The van der Waals surface area contributed by atoms with Crippen LogP contribution < -0.4 is 5.43 Å². The number of halogens is 2. The number of thioether (sulfide) groups is 1. The van der Waals surface area contributed by atoms with E-state index < -0.39 is 0 Å². The molecule has 0 aliphatic heterocycles. The summed E-state index contributed by atoms with van der Waals surface area (Å²) in [6, 6.07) is 15.4. The van der Waals surface area contributed by atoms with E-state index in [1.165, 1.54) is 11.8 Å². The molecule has 0 unspecified atom stereocenters. The maximum absolute atomic E-state index is 12.2. The molecule has 0 saturated carbocycles. The number of nitrogens with zero attached hydrogens (tertiary/aromatic N) is 1. The van der Waals surface area contributed by atoms with Crippen LogP contribution in [0.3, 0.4) is 0 Å². The smallest absolute Gasteiger partial charge is 0.253 e. The molecule has 2 aromatic carbocycles. The van der Waals surface area contributed by atoms with Crippen LogP contribution in [-0.4, -0.2) is 16.9 Å². The fraction of sp³-hybridized carbons (Fsp3) is 0.176. The molecular formula is C17H16ClIN2OS. The van der Waals surface area contributed by atoms with E-state index in [0.29, 0.717) is 5.02 Å². The van der Waals surface area contributed by atoms with Gasteiger partial charge in [0.25, 0.3) is 5.91 Å². The zero-order valence-electron chi connectivity index (χ0n) is 12.7. The number of amides is 1. The average Bonchev–Trinajstić information content (AvgIpc) is 2.54. The monoisotopic (exact) mass is 458 g/mol. The van der Waals surface area contributed by atoms with Crippen LogP contribution in [0.15, 0.2) is 58.5 Å². The highest BCUT2D eigenvalue weighted by molar-refractivity contribution is 14.1. The number of carbonyl (C=O) groups is 1. The standard InChI is InChI=1S/C17H16ClIN2OS/c1-11(13-4-3-5-15(19)10-13)20-21-17(22)12(2)23-16-8-6-14(18)7-9-16/h3-10,12H,1-2H3,(H,21,22)/b20-11-/t12-/m0/s1. The number of nitrogens with one attached hydrogen (secondary N) is 1. The van der Waals surface area contributed by atoms with E-state index in [-0.39, 0.29) is 11.2 Å². The molecule has 0 aliphatic rings. The highest BCUT2D eigenvalue weighted by Gasteiger charge is 2.14. The zero-order chi connectivity index (χ0) is 16.8. The Bertz CT molecular complexity index is 719. The predicted octanol–water partition coefficient (Wildman–Crippen LogP) is 4.97.